The SMILES string of the molecule is COc1ccc2ccccc2c1C=Nn1c(-c2cccc(Cl)c2)n[nH]c1=S. The minimum absolute atomic E-state index is 0.389. The van der Waals surface area contributed by atoms with Crippen LogP contribution in [0.25, 0.3) is 22.2 Å². The number of ether oxygens (including phenoxy) is 1. The summed E-state index contributed by atoms with van der Waals surface area (Å²) in [6, 6.07) is 19.4. The Morgan fingerprint density at radius 3 is 2.81 bits per heavy atom. The van der Waals surface area contributed by atoms with Crippen LogP contribution in [0.15, 0.2) is 65.8 Å². The predicted octanol–water partition coefficient (Wildman–Crippen LogP) is 5.31. The third-order valence-corrected chi connectivity index (χ3v) is 4.69. The Kier molecular flexibility index (Phi) is 4.75. The van der Waals surface area contributed by atoms with Crippen molar-refractivity contribution in [1.29, 1.82) is 0 Å². The Bertz CT molecular complexity index is 1210. The number of methoxy groups -OCH3 is 1. The largest absolute Gasteiger partial charge is 0.496 e. The number of benzene rings is 3. The van der Waals surface area contributed by atoms with Crippen molar-refractivity contribution in [1.82, 2.24) is 14.9 Å². The van der Waals surface area contributed by atoms with E-state index in [1.807, 2.05) is 54.6 Å². The number of halogens is 1. The van der Waals surface area contributed by atoms with Crippen LogP contribution in [-0.2, 0) is 0 Å². The second-order valence-electron chi connectivity index (χ2n) is 5.82. The van der Waals surface area contributed by atoms with Gasteiger partial charge in [-0.05, 0) is 41.2 Å². The van der Waals surface area contributed by atoms with Crippen molar-refractivity contribution < 1.29 is 4.74 Å². The maximum atomic E-state index is 6.10. The maximum absolute atomic E-state index is 6.10. The van der Waals surface area contributed by atoms with Crippen LogP contribution in [0.3, 0.4) is 0 Å². The first-order valence-corrected chi connectivity index (χ1v) is 8.99. The molecule has 27 heavy (non-hydrogen) atoms. The quantitative estimate of drug-likeness (QED) is 0.377. The number of fused-ring (bicyclic) bond motifs is 1. The molecule has 1 heterocycles. The van der Waals surface area contributed by atoms with Crippen molar-refractivity contribution >= 4 is 40.8 Å². The highest BCUT2D eigenvalue weighted by Crippen LogP contribution is 2.27. The van der Waals surface area contributed by atoms with Gasteiger partial charge in [0, 0.05) is 16.1 Å². The van der Waals surface area contributed by atoms with E-state index in [0.29, 0.717) is 15.6 Å². The number of rotatable bonds is 4. The summed E-state index contributed by atoms with van der Waals surface area (Å²) in [5.41, 5.74) is 1.69. The molecule has 3 aromatic carbocycles. The Morgan fingerprint density at radius 2 is 2.00 bits per heavy atom. The molecule has 0 amide bonds. The van der Waals surface area contributed by atoms with Gasteiger partial charge in [-0.3, -0.25) is 0 Å². The number of hydrogen-bond acceptors (Lipinski definition) is 4. The fraction of sp³-hybridized carbons (Fsp3) is 0.0500. The molecular formula is C20H15ClN4OS. The molecule has 134 valence electrons. The molecule has 0 radical (unpaired) electrons. The van der Waals surface area contributed by atoms with Crippen LogP contribution >= 0.6 is 23.8 Å². The van der Waals surface area contributed by atoms with Gasteiger partial charge in [-0.1, -0.05) is 54.1 Å². The molecule has 4 aromatic rings. The first kappa shape index (κ1) is 17.5. The molecule has 0 bridgehead atoms. The lowest BCUT2D eigenvalue weighted by Crippen LogP contribution is -1.97. The molecule has 7 heteroatoms. The van der Waals surface area contributed by atoms with Crippen molar-refractivity contribution in [2.24, 2.45) is 5.10 Å². The summed E-state index contributed by atoms with van der Waals surface area (Å²) in [6.07, 6.45) is 1.74. The first-order valence-electron chi connectivity index (χ1n) is 8.21. The smallest absolute Gasteiger partial charge is 0.216 e. The zero-order chi connectivity index (χ0) is 18.8. The molecule has 0 unspecified atom stereocenters. The summed E-state index contributed by atoms with van der Waals surface area (Å²) < 4.78 is 7.48. The molecule has 0 aliphatic rings. The summed E-state index contributed by atoms with van der Waals surface area (Å²) in [5.74, 6) is 1.31. The molecule has 0 aliphatic heterocycles. The van der Waals surface area contributed by atoms with Crippen LogP contribution in [0.1, 0.15) is 5.56 Å². The topological polar surface area (TPSA) is 55.2 Å². The summed E-state index contributed by atoms with van der Waals surface area (Å²) in [7, 11) is 1.64. The lowest BCUT2D eigenvalue weighted by Gasteiger charge is -2.08. The maximum Gasteiger partial charge on any atom is 0.216 e. The van der Waals surface area contributed by atoms with Gasteiger partial charge in [-0.2, -0.15) is 14.9 Å². The van der Waals surface area contributed by atoms with Gasteiger partial charge in [-0.15, -0.1) is 0 Å². The van der Waals surface area contributed by atoms with Gasteiger partial charge in [0.25, 0.3) is 0 Å². The highest BCUT2D eigenvalue weighted by molar-refractivity contribution is 7.71. The number of hydrogen-bond donors (Lipinski definition) is 1. The number of aromatic nitrogens is 3. The first-order chi connectivity index (χ1) is 13.2. The van der Waals surface area contributed by atoms with Gasteiger partial charge in [-0.25, -0.2) is 5.10 Å². The fourth-order valence-corrected chi connectivity index (χ4v) is 3.28. The summed E-state index contributed by atoms with van der Waals surface area (Å²) >= 11 is 11.4. The van der Waals surface area contributed by atoms with Crippen molar-refractivity contribution in [3.05, 3.63) is 76.0 Å². The minimum Gasteiger partial charge on any atom is -0.496 e. The number of aromatic amines is 1. The Balaban J connectivity index is 1.85. The summed E-state index contributed by atoms with van der Waals surface area (Å²) in [6.45, 7) is 0. The van der Waals surface area contributed by atoms with Crippen LogP contribution in [-0.4, -0.2) is 28.2 Å². The Hall–Kier alpha value is -2.96. The number of nitrogens with zero attached hydrogens (tertiary/aromatic N) is 3. The lowest BCUT2D eigenvalue weighted by molar-refractivity contribution is 0.415. The van der Waals surface area contributed by atoms with Gasteiger partial charge in [0.15, 0.2) is 5.82 Å². The molecule has 0 spiro atoms. The zero-order valence-electron chi connectivity index (χ0n) is 14.4. The zero-order valence-corrected chi connectivity index (χ0v) is 16.0. The van der Waals surface area contributed by atoms with Gasteiger partial charge in [0.05, 0.1) is 13.3 Å². The molecule has 0 saturated heterocycles. The molecule has 0 aliphatic carbocycles. The molecule has 0 atom stereocenters. The normalized spacial score (nSPS) is 11.3. The second kappa shape index (κ2) is 7.34. The van der Waals surface area contributed by atoms with Crippen LogP contribution in [0.5, 0.6) is 5.75 Å². The van der Waals surface area contributed by atoms with Crippen molar-refractivity contribution in [3.63, 3.8) is 0 Å². The molecule has 0 fully saturated rings. The lowest BCUT2D eigenvalue weighted by atomic mass is 10.0. The average Bonchev–Trinajstić information content (AvgIpc) is 3.06. The van der Waals surface area contributed by atoms with E-state index in [2.05, 4.69) is 15.3 Å². The van der Waals surface area contributed by atoms with Crippen molar-refractivity contribution in [2.45, 2.75) is 0 Å². The summed E-state index contributed by atoms with van der Waals surface area (Å²) in [5, 5.41) is 14.4. The Labute approximate surface area is 165 Å². The average molecular weight is 395 g/mol. The molecule has 1 N–H and O–H groups in total. The van der Waals surface area contributed by atoms with Crippen LogP contribution in [0.2, 0.25) is 5.02 Å². The van der Waals surface area contributed by atoms with E-state index in [-0.39, 0.29) is 0 Å². The van der Waals surface area contributed by atoms with Crippen molar-refractivity contribution in [3.8, 4) is 17.1 Å². The van der Waals surface area contributed by atoms with Crippen molar-refractivity contribution in [2.75, 3.05) is 7.11 Å². The fourth-order valence-electron chi connectivity index (χ4n) is 2.92. The van der Waals surface area contributed by atoms with Gasteiger partial charge >= 0.3 is 0 Å². The molecule has 5 nitrogen and oxygen atoms in total. The standard InChI is InChI=1S/C20H15ClN4OS/c1-26-18-10-9-13-5-2-3-8-16(13)17(18)12-22-25-19(23-24-20(25)27)14-6-4-7-15(21)11-14/h2-12H,1H3,(H,24,27). The van der Waals surface area contributed by atoms with Crippen LogP contribution in [0, 0.1) is 4.77 Å². The third kappa shape index (κ3) is 3.37. The van der Waals surface area contributed by atoms with E-state index in [9.17, 15) is 0 Å². The highest BCUT2D eigenvalue weighted by atomic mass is 35.5. The van der Waals surface area contributed by atoms with Crippen LogP contribution in [0.4, 0.5) is 0 Å². The number of nitrogens with one attached hydrogen (secondary N) is 1. The second-order valence-corrected chi connectivity index (χ2v) is 6.64. The number of H-pyrrole nitrogens is 1. The van der Waals surface area contributed by atoms with Gasteiger partial charge in [0.2, 0.25) is 4.77 Å². The predicted molar refractivity (Wildman–Crippen MR) is 111 cm³/mol. The summed E-state index contributed by atoms with van der Waals surface area (Å²) in [4.78, 5) is 0. The van der Waals surface area contributed by atoms with E-state index < -0.39 is 0 Å². The Morgan fingerprint density at radius 1 is 1.15 bits per heavy atom. The van der Waals surface area contributed by atoms with Gasteiger partial charge < -0.3 is 4.74 Å². The molecule has 0 saturated carbocycles. The van der Waals surface area contributed by atoms with Crippen LogP contribution < -0.4 is 4.74 Å². The highest BCUT2D eigenvalue weighted by Gasteiger charge is 2.10. The molecule has 4 rings (SSSR count). The van der Waals surface area contributed by atoms with E-state index in [4.69, 9.17) is 28.6 Å². The molecular weight excluding hydrogens is 380 g/mol. The monoisotopic (exact) mass is 394 g/mol. The molecule has 1 aromatic heterocycles. The van der Waals surface area contributed by atoms with E-state index in [1.54, 1.807) is 24.1 Å². The van der Waals surface area contributed by atoms with E-state index in [1.165, 1.54) is 0 Å². The van der Waals surface area contributed by atoms with Gasteiger partial charge in [0.1, 0.15) is 5.75 Å². The third-order valence-electron chi connectivity index (χ3n) is 4.19. The minimum atomic E-state index is 0.389. The van der Waals surface area contributed by atoms with E-state index >= 15 is 0 Å². The van der Waals surface area contributed by atoms with E-state index in [0.717, 1.165) is 27.6 Å².